The second-order valence-corrected chi connectivity index (χ2v) is 13.7. The molecule has 0 amide bonds. The first-order valence-corrected chi connectivity index (χ1v) is 13.4. The van der Waals surface area contributed by atoms with Gasteiger partial charge in [-0.15, -0.1) is 0 Å². The van der Waals surface area contributed by atoms with Gasteiger partial charge in [0.05, 0.1) is 17.1 Å². The molecular weight excluding hydrogens is 432 g/mol. The molecule has 0 N–H and O–H groups in total. The van der Waals surface area contributed by atoms with Crippen LogP contribution in [0.3, 0.4) is 0 Å². The number of hydrogen-bond donors (Lipinski definition) is 0. The molecule has 34 heavy (non-hydrogen) atoms. The quantitative estimate of drug-likeness (QED) is 0.352. The first-order valence-electron chi connectivity index (χ1n) is 12.6. The average molecular weight is 469 g/mol. The van der Waals surface area contributed by atoms with Crippen molar-refractivity contribution in [1.82, 2.24) is 0 Å². The number of benzene rings is 3. The molecule has 0 saturated carbocycles. The molecule has 3 heteroatoms. The van der Waals surface area contributed by atoms with Gasteiger partial charge in [-0.1, -0.05) is 84.5 Å². The first kappa shape index (κ1) is 22.1. The summed E-state index contributed by atoms with van der Waals surface area (Å²) in [6.07, 6.45) is 2.49. The molecule has 6 rings (SSSR count). The summed E-state index contributed by atoms with van der Waals surface area (Å²) in [5, 5.41) is 0. The zero-order valence-electron chi connectivity index (χ0n) is 21.6. The molecule has 0 unspecified atom stereocenters. The van der Waals surface area contributed by atoms with Crippen LogP contribution in [-0.4, -0.2) is 6.67 Å². The highest BCUT2D eigenvalue weighted by atomic mass is 32.2. The zero-order valence-corrected chi connectivity index (χ0v) is 22.4. The van der Waals surface area contributed by atoms with E-state index in [0.29, 0.717) is 0 Å². The van der Waals surface area contributed by atoms with E-state index in [1.807, 2.05) is 11.8 Å². The van der Waals surface area contributed by atoms with Crippen LogP contribution in [0.5, 0.6) is 0 Å². The first-order chi connectivity index (χ1) is 16.0. The van der Waals surface area contributed by atoms with Gasteiger partial charge in [0.15, 0.2) is 0 Å². The van der Waals surface area contributed by atoms with Crippen LogP contribution in [0.25, 0.3) is 0 Å². The molecule has 0 atom stereocenters. The van der Waals surface area contributed by atoms with Crippen LogP contribution in [0.2, 0.25) is 0 Å². The number of fused-ring (bicyclic) bond motifs is 4. The summed E-state index contributed by atoms with van der Waals surface area (Å²) in [7, 11) is 0. The van der Waals surface area contributed by atoms with E-state index in [1.54, 1.807) is 11.1 Å². The SMILES string of the molecule is CC(C)(C)c1ccc(N2CN3c4ccc5c(c4Sc4cccc2c43)C(C)(C)CCC5(C)C)cc1. The predicted molar refractivity (Wildman–Crippen MR) is 147 cm³/mol. The van der Waals surface area contributed by atoms with E-state index in [4.69, 9.17) is 0 Å². The van der Waals surface area contributed by atoms with Crippen molar-refractivity contribution in [1.29, 1.82) is 0 Å². The van der Waals surface area contributed by atoms with Gasteiger partial charge >= 0.3 is 0 Å². The van der Waals surface area contributed by atoms with E-state index < -0.39 is 0 Å². The molecule has 3 aromatic rings. The van der Waals surface area contributed by atoms with E-state index in [2.05, 4.69) is 113 Å². The van der Waals surface area contributed by atoms with Crippen LogP contribution >= 0.6 is 11.8 Å². The fraction of sp³-hybridized carbons (Fsp3) is 0.419. The number of rotatable bonds is 1. The monoisotopic (exact) mass is 468 g/mol. The van der Waals surface area contributed by atoms with E-state index in [0.717, 1.165) is 6.67 Å². The third kappa shape index (κ3) is 3.16. The van der Waals surface area contributed by atoms with Crippen molar-refractivity contribution in [3.8, 4) is 0 Å². The highest BCUT2D eigenvalue weighted by Crippen LogP contribution is 2.60. The maximum atomic E-state index is 2.56. The third-order valence-corrected chi connectivity index (χ3v) is 9.45. The lowest BCUT2D eigenvalue weighted by Gasteiger charge is -2.44. The topological polar surface area (TPSA) is 6.48 Å². The van der Waals surface area contributed by atoms with Crippen molar-refractivity contribution in [2.45, 2.75) is 87.3 Å². The maximum Gasteiger partial charge on any atom is 0.100 e. The van der Waals surface area contributed by atoms with Gasteiger partial charge in [0.1, 0.15) is 6.67 Å². The number of para-hydroxylation sites is 1. The molecule has 0 spiro atoms. The van der Waals surface area contributed by atoms with E-state index >= 15 is 0 Å². The minimum Gasteiger partial charge on any atom is -0.321 e. The van der Waals surface area contributed by atoms with Crippen LogP contribution in [0.1, 0.15) is 78.0 Å². The molecule has 2 aliphatic heterocycles. The van der Waals surface area contributed by atoms with Crippen molar-refractivity contribution < 1.29 is 0 Å². The van der Waals surface area contributed by atoms with Crippen molar-refractivity contribution in [3.63, 3.8) is 0 Å². The van der Waals surface area contributed by atoms with Crippen LogP contribution in [0.15, 0.2) is 64.4 Å². The van der Waals surface area contributed by atoms with Crippen LogP contribution in [-0.2, 0) is 16.2 Å². The molecule has 0 aromatic heterocycles. The van der Waals surface area contributed by atoms with Crippen molar-refractivity contribution in [3.05, 3.63) is 71.3 Å². The molecule has 2 heterocycles. The van der Waals surface area contributed by atoms with Gasteiger partial charge in [0.2, 0.25) is 0 Å². The van der Waals surface area contributed by atoms with Crippen molar-refractivity contribution in [2.75, 3.05) is 16.5 Å². The van der Waals surface area contributed by atoms with Gasteiger partial charge in [-0.3, -0.25) is 0 Å². The Morgan fingerprint density at radius 3 is 2.18 bits per heavy atom. The van der Waals surface area contributed by atoms with Gasteiger partial charge in [-0.05, 0) is 76.1 Å². The van der Waals surface area contributed by atoms with Gasteiger partial charge < -0.3 is 9.80 Å². The molecule has 0 saturated heterocycles. The van der Waals surface area contributed by atoms with Crippen LogP contribution in [0.4, 0.5) is 22.7 Å². The lowest BCUT2D eigenvalue weighted by Crippen LogP contribution is -2.35. The van der Waals surface area contributed by atoms with Gasteiger partial charge in [0.25, 0.3) is 0 Å². The van der Waals surface area contributed by atoms with Crippen molar-refractivity contribution >= 4 is 34.5 Å². The molecule has 0 fully saturated rings. The Bertz CT molecular complexity index is 1290. The number of anilines is 4. The molecule has 3 aliphatic rings. The van der Waals surface area contributed by atoms with Gasteiger partial charge in [-0.2, -0.15) is 0 Å². The lowest BCUT2D eigenvalue weighted by molar-refractivity contribution is 0.327. The Kier molecular flexibility index (Phi) is 4.60. The summed E-state index contributed by atoms with van der Waals surface area (Å²) in [4.78, 5) is 7.90. The van der Waals surface area contributed by atoms with E-state index in [9.17, 15) is 0 Å². The number of nitrogens with zero attached hydrogens (tertiary/aromatic N) is 2. The molecule has 1 aliphatic carbocycles. The Morgan fingerprint density at radius 2 is 1.47 bits per heavy atom. The molecule has 3 aromatic carbocycles. The smallest absolute Gasteiger partial charge is 0.100 e. The minimum atomic E-state index is 0.165. The summed E-state index contributed by atoms with van der Waals surface area (Å²) in [6.45, 7) is 17.4. The molecule has 176 valence electrons. The van der Waals surface area contributed by atoms with E-state index in [1.165, 1.54) is 50.9 Å². The maximum absolute atomic E-state index is 2.56. The second kappa shape index (κ2) is 7.07. The molecule has 0 bridgehead atoms. The standard InChI is InChI=1S/C31H36N2S/c1-29(2,3)20-11-13-21(14-12-20)32-19-33-24-16-15-22-26(31(6,7)18-17-30(22,4)5)28(24)34-25-10-8-9-23(32)27(25)33/h8-16H,17-19H2,1-7H3. The normalized spacial score (nSPS) is 19.5. The molecule has 0 radical (unpaired) electrons. The summed E-state index contributed by atoms with van der Waals surface area (Å²) in [5.74, 6) is 0. The van der Waals surface area contributed by atoms with Crippen LogP contribution < -0.4 is 9.80 Å². The summed E-state index contributed by atoms with van der Waals surface area (Å²) < 4.78 is 0. The molecule has 2 nitrogen and oxygen atoms in total. The predicted octanol–water partition coefficient (Wildman–Crippen LogP) is 9.04. The minimum absolute atomic E-state index is 0.165. The average Bonchev–Trinajstić information content (AvgIpc) is 3.17. The highest BCUT2D eigenvalue weighted by molar-refractivity contribution is 7.99. The highest BCUT2D eigenvalue weighted by Gasteiger charge is 2.43. The largest absolute Gasteiger partial charge is 0.321 e. The van der Waals surface area contributed by atoms with Crippen molar-refractivity contribution in [2.24, 2.45) is 0 Å². The Hall–Kier alpha value is -2.39. The Balaban J connectivity index is 1.48. The number of hydrogen-bond acceptors (Lipinski definition) is 3. The fourth-order valence-corrected chi connectivity index (χ4v) is 7.50. The third-order valence-electron chi connectivity index (χ3n) is 8.29. The summed E-state index contributed by atoms with van der Waals surface area (Å²) in [5.41, 5.74) is 10.4. The fourth-order valence-electron chi connectivity index (χ4n) is 6.05. The zero-order chi connectivity index (χ0) is 24.0. The van der Waals surface area contributed by atoms with Crippen LogP contribution in [0, 0.1) is 0 Å². The van der Waals surface area contributed by atoms with Gasteiger partial charge in [0, 0.05) is 15.5 Å². The molecular formula is C31H36N2S. The van der Waals surface area contributed by atoms with Gasteiger partial charge in [-0.25, -0.2) is 0 Å². The second-order valence-electron chi connectivity index (χ2n) is 12.6. The lowest BCUT2D eigenvalue weighted by atomic mass is 9.63. The Morgan fingerprint density at radius 1 is 0.765 bits per heavy atom. The summed E-state index contributed by atoms with van der Waals surface area (Å²) in [6, 6.07) is 20.8. The van der Waals surface area contributed by atoms with E-state index in [-0.39, 0.29) is 16.2 Å². The Labute approximate surface area is 209 Å². The summed E-state index contributed by atoms with van der Waals surface area (Å²) >= 11 is 1.99.